The Morgan fingerprint density at radius 1 is 1.29 bits per heavy atom. The highest BCUT2D eigenvalue weighted by Crippen LogP contribution is 2.42. The number of carbonyl (C=O) groups excluding carboxylic acids is 1. The predicted molar refractivity (Wildman–Crippen MR) is 79.0 cm³/mol. The van der Waals surface area contributed by atoms with Crippen molar-refractivity contribution >= 4 is 28.4 Å². The third-order valence-corrected chi connectivity index (χ3v) is 5.48. The first-order valence-electron chi connectivity index (χ1n) is 6.45. The molecule has 1 saturated heterocycles. The van der Waals surface area contributed by atoms with E-state index in [1.54, 1.807) is 12.1 Å². The van der Waals surface area contributed by atoms with E-state index in [-0.39, 0.29) is 28.9 Å². The zero-order valence-corrected chi connectivity index (χ0v) is 13.0. The van der Waals surface area contributed by atoms with Crippen molar-refractivity contribution in [1.82, 2.24) is 10.0 Å². The van der Waals surface area contributed by atoms with Gasteiger partial charge in [-0.15, -0.1) is 12.4 Å². The average molecular weight is 333 g/mol. The average Bonchev–Trinajstić information content (AvgIpc) is 2.89. The molecule has 1 aliphatic carbocycles. The number of rotatable bonds is 4. The van der Waals surface area contributed by atoms with Crippen molar-refractivity contribution in [1.29, 1.82) is 0 Å². The molecular weight excluding hydrogens is 316 g/mol. The fourth-order valence-corrected chi connectivity index (χ4v) is 4.35. The van der Waals surface area contributed by atoms with Gasteiger partial charge >= 0.3 is 5.97 Å². The topological polar surface area (TPSA) is 84.5 Å². The van der Waals surface area contributed by atoms with E-state index in [9.17, 15) is 13.2 Å². The monoisotopic (exact) mass is 332 g/mol. The van der Waals surface area contributed by atoms with Gasteiger partial charge in [0.25, 0.3) is 0 Å². The van der Waals surface area contributed by atoms with Crippen LogP contribution in [0.15, 0.2) is 29.2 Å². The van der Waals surface area contributed by atoms with Crippen molar-refractivity contribution in [3.63, 3.8) is 0 Å². The molecule has 0 spiro atoms. The van der Waals surface area contributed by atoms with E-state index in [1.165, 1.54) is 19.2 Å². The Morgan fingerprint density at radius 2 is 1.90 bits per heavy atom. The lowest BCUT2D eigenvalue weighted by molar-refractivity contribution is 0.0596. The largest absolute Gasteiger partial charge is 0.465 e. The number of sulfonamides is 1. The molecule has 2 unspecified atom stereocenters. The Labute approximate surface area is 129 Å². The van der Waals surface area contributed by atoms with Gasteiger partial charge in [-0.3, -0.25) is 0 Å². The molecule has 3 rings (SSSR count). The molecule has 2 fully saturated rings. The van der Waals surface area contributed by atoms with Gasteiger partial charge in [-0.1, -0.05) is 12.1 Å². The van der Waals surface area contributed by atoms with Crippen molar-refractivity contribution in [2.24, 2.45) is 11.8 Å². The van der Waals surface area contributed by atoms with E-state index in [1.807, 2.05) is 0 Å². The number of methoxy groups -OCH3 is 1. The maximum atomic E-state index is 12.4. The summed E-state index contributed by atoms with van der Waals surface area (Å²) >= 11 is 0. The zero-order valence-electron chi connectivity index (χ0n) is 11.4. The minimum Gasteiger partial charge on any atom is -0.465 e. The molecular formula is C13H17ClN2O4S. The van der Waals surface area contributed by atoms with E-state index >= 15 is 0 Å². The third-order valence-electron chi connectivity index (χ3n) is 3.96. The van der Waals surface area contributed by atoms with Gasteiger partial charge in [0.2, 0.25) is 10.0 Å². The van der Waals surface area contributed by atoms with Crippen LogP contribution in [0.3, 0.4) is 0 Å². The summed E-state index contributed by atoms with van der Waals surface area (Å²) < 4.78 is 32.1. The first-order chi connectivity index (χ1) is 9.54. The molecule has 0 amide bonds. The van der Waals surface area contributed by atoms with Crippen LogP contribution >= 0.6 is 12.4 Å². The summed E-state index contributed by atoms with van der Waals surface area (Å²) in [5, 5.41) is 3.21. The Hall–Kier alpha value is -1.15. The van der Waals surface area contributed by atoms with Gasteiger partial charge in [0.05, 0.1) is 17.6 Å². The van der Waals surface area contributed by atoms with Crippen LogP contribution in [0.4, 0.5) is 0 Å². The zero-order chi connectivity index (χ0) is 14.3. The van der Waals surface area contributed by atoms with Crippen molar-refractivity contribution < 1.29 is 17.9 Å². The van der Waals surface area contributed by atoms with E-state index in [0.29, 0.717) is 11.8 Å². The lowest BCUT2D eigenvalue weighted by atomic mass is 10.2. The smallest absolute Gasteiger partial charge is 0.339 e. The highest BCUT2D eigenvalue weighted by Gasteiger charge is 2.54. The van der Waals surface area contributed by atoms with E-state index < -0.39 is 16.0 Å². The normalized spacial score (nSPS) is 26.6. The standard InChI is InChI=1S/C13H16N2O4S.ClH/c1-19-13(16)8-4-2-3-5-11(8)20(17,18)15-12-9-6-14-7-10(9)12;/h2-5,9-10,12,14-15H,6-7H2,1H3;1H. The summed E-state index contributed by atoms with van der Waals surface area (Å²) in [7, 11) is -2.47. The molecule has 6 nitrogen and oxygen atoms in total. The van der Waals surface area contributed by atoms with Gasteiger partial charge < -0.3 is 10.1 Å². The molecule has 2 atom stereocenters. The molecule has 1 aromatic rings. The Morgan fingerprint density at radius 3 is 2.52 bits per heavy atom. The molecule has 0 aromatic heterocycles. The number of hydrogen-bond donors (Lipinski definition) is 2. The summed E-state index contributed by atoms with van der Waals surface area (Å²) in [5.74, 6) is 0.0914. The maximum absolute atomic E-state index is 12.4. The molecule has 1 aromatic carbocycles. The number of fused-ring (bicyclic) bond motifs is 1. The van der Waals surface area contributed by atoms with E-state index in [2.05, 4.69) is 14.8 Å². The second-order valence-corrected chi connectivity index (χ2v) is 6.80. The number of halogens is 1. The van der Waals surface area contributed by atoms with Crippen LogP contribution in [-0.4, -0.2) is 40.6 Å². The van der Waals surface area contributed by atoms with Crippen LogP contribution in [0, 0.1) is 11.8 Å². The van der Waals surface area contributed by atoms with Gasteiger partial charge in [0.1, 0.15) is 0 Å². The van der Waals surface area contributed by atoms with Crippen LogP contribution in [0.1, 0.15) is 10.4 Å². The molecule has 2 aliphatic rings. The third kappa shape index (κ3) is 2.91. The lowest BCUT2D eigenvalue weighted by Crippen LogP contribution is -2.33. The van der Waals surface area contributed by atoms with E-state index in [0.717, 1.165) is 13.1 Å². The van der Waals surface area contributed by atoms with Crippen molar-refractivity contribution in [2.75, 3.05) is 20.2 Å². The SMILES string of the molecule is COC(=O)c1ccccc1S(=O)(=O)NC1C2CNCC21.Cl. The molecule has 2 N–H and O–H groups in total. The highest BCUT2D eigenvalue weighted by molar-refractivity contribution is 7.89. The van der Waals surface area contributed by atoms with Gasteiger partial charge in [-0.2, -0.15) is 0 Å². The maximum Gasteiger partial charge on any atom is 0.339 e. The molecule has 0 bridgehead atoms. The molecule has 21 heavy (non-hydrogen) atoms. The number of nitrogens with one attached hydrogen (secondary N) is 2. The Balaban J connectivity index is 0.00000161. The Kier molecular flexibility index (Phi) is 4.57. The number of carbonyl (C=O) groups is 1. The highest BCUT2D eigenvalue weighted by atomic mass is 35.5. The number of benzene rings is 1. The quantitative estimate of drug-likeness (QED) is 0.779. The van der Waals surface area contributed by atoms with Crippen molar-refractivity contribution in [3.05, 3.63) is 29.8 Å². The predicted octanol–water partition coefficient (Wildman–Crippen LogP) is 0.391. The number of piperidine rings is 1. The van der Waals surface area contributed by atoms with Gasteiger partial charge in [0.15, 0.2) is 0 Å². The fraction of sp³-hybridized carbons (Fsp3) is 0.462. The van der Waals surface area contributed by atoms with Crippen molar-refractivity contribution in [3.8, 4) is 0 Å². The van der Waals surface area contributed by atoms with Crippen LogP contribution in [0.25, 0.3) is 0 Å². The number of hydrogen-bond acceptors (Lipinski definition) is 5. The van der Waals surface area contributed by atoms with Gasteiger partial charge in [0, 0.05) is 6.04 Å². The van der Waals surface area contributed by atoms with Crippen LogP contribution in [0.2, 0.25) is 0 Å². The first kappa shape index (κ1) is 16.2. The molecule has 116 valence electrons. The van der Waals surface area contributed by atoms with Gasteiger partial charge in [-0.25, -0.2) is 17.9 Å². The summed E-state index contributed by atoms with van der Waals surface area (Å²) in [5.41, 5.74) is 0.0615. The first-order valence-corrected chi connectivity index (χ1v) is 7.93. The lowest BCUT2D eigenvalue weighted by Gasteiger charge is -2.11. The van der Waals surface area contributed by atoms with E-state index in [4.69, 9.17) is 0 Å². The summed E-state index contributed by atoms with van der Waals surface area (Å²) in [6, 6.07) is 6.06. The van der Waals surface area contributed by atoms with Crippen LogP contribution in [-0.2, 0) is 14.8 Å². The Bertz CT molecular complexity index is 639. The molecule has 0 radical (unpaired) electrons. The summed E-state index contributed by atoms with van der Waals surface area (Å²) in [6.07, 6.45) is 0. The number of ether oxygens (including phenoxy) is 1. The minimum absolute atomic E-state index is 0. The van der Waals surface area contributed by atoms with Crippen LogP contribution in [0.5, 0.6) is 0 Å². The fourth-order valence-electron chi connectivity index (χ4n) is 2.82. The minimum atomic E-state index is -3.70. The second kappa shape index (κ2) is 5.92. The summed E-state index contributed by atoms with van der Waals surface area (Å²) in [6.45, 7) is 1.69. The molecule has 1 heterocycles. The summed E-state index contributed by atoms with van der Waals surface area (Å²) in [4.78, 5) is 11.6. The second-order valence-electron chi connectivity index (χ2n) is 5.12. The van der Waals surface area contributed by atoms with Gasteiger partial charge in [-0.05, 0) is 37.1 Å². The van der Waals surface area contributed by atoms with Crippen molar-refractivity contribution in [2.45, 2.75) is 10.9 Å². The number of esters is 1. The molecule has 1 saturated carbocycles. The van der Waals surface area contributed by atoms with Crippen LogP contribution < -0.4 is 10.0 Å². The molecule has 1 aliphatic heterocycles. The molecule has 8 heteroatoms.